The van der Waals surface area contributed by atoms with E-state index in [4.69, 9.17) is 7.58 Å². The second kappa shape index (κ2) is 4.43. The number of nitrogens with zero attached hydrogens (tertiary/aromatic N) is 2. The van der Waals surface area contributed by atoms with E-state index < -0.39 is 15.9 Å². The van der Waals surface area contributed by atoms with Crippen LogP contribution in [0, 0.1) is 5.92 Å². The Morgan fingerprint density at radius 2 is 2.00 bits per heavy atom. The molecule has 0 radical (unpaired) electrons. The number of hydrogen-bond donors (Lipinski definition) is 0. The van der Waals surface area contributed by atoms with Gasteiger partial charge in [0.25, 0.3) is 0 Å². The minimum absolute atomic E-state index is 0.0350. The van der Waals surface area contributed by atoms with E-state index >= 15 is 0 Å². The van der Waals surface area contributed by atoms with E-state index in [1.807, 2.05) is 23.2 Å². The maximum absolute atomic E-state index is 5.84. The lowest BCUT2D eigenvalue weighted by atomic mass is 9.98. The molecule has 0 bridgehead atoms. The molecule has 0 saturated carbocycles. The molecule has 2 aliphatic heterocycles. The van der Waals surface area contributed by atoms with Crippen LogP contribution < -0.4 is 5.01 Å². The fraction of sp³-hybridized carbons (Fsp3) is 0.417. The van der Waals surface area contributed by atoms with Gasteiger partial charge in [-0.2, -0.15) is 5.10 Å². The Morgan fingerprint density at radius 3 is 2.76 bits per heavy atom. The van der Waals surface area contributed by atoms with Gasteiger partial charge in [-0.05, 0) is 26.0 Å². The summed E-state index contributed by atoms with van der Waals surface area (Å²) in [6.07, 6.45) is 0.255. The van der Waals surface area contributed by atoms with Crippen LogP contribution in [0.5, 0.6) is 0 Å². The van der Waals surface area contributed by atoms with Crippen LogP contribution >= 0.6 is 0 Å². The van der Waals surface area contributed by atoms with E-state index in [0.29, 0.717) is 0 Å². The van der Waals surface area contributed by atoms with Crippen LogP contribution in [0.3, 0.4) is 0 Å². The first-order valence-electron chi connectivity index (χ1n) is 5.90. The van der Waals surface area contributed by atoms with Gasteiger partial charge < -0.3 is 7.58 Å². The molecule has 0 aromatic heterocycles. The Bertz CT molecular complexity index is 437. The fourth-order valence-electron chi connectivity index (χ4n) is 2.50. The van der Waals surface area contributed by atoms with Crippen LogP contribution in [0.15, 0.2) is 35.4 Å². The molecule has 0 spiro atoms. The zero-order valence-corrected chi connectivity index (χ0v) is 11.5. The summed E-state index contributed by atoms with van der Waals surface area (Å²) >= 11 is -0.864. The Kier molecular flexibility index (Phi) is 2.93. The van der Waals surface area contributed by atoms with Crippen molar-refractivity contribution in [1.29, 1.82) is 0 Å². The van der Waals surface area contributed by atoms with Gasteiger partial charge in [-0.1, -0.05) is 18.2 Å². The lowest BCUT2D eigenvalue weighted by molar-refractivity contribution is 0.0176. The molecule has 1 aromatic rings. The highest BCUT2D eigenvalue weighted by Gasteiger charge is 2.43. The Balaban J connectivity index is 1.93. The van der Waals surface area contributed by atoms with Gasteiger partial charge in [-0.15, -0.1) is 0 Å². The molecule has 3 unspecified atom stereocenters. The summed E-state index contributed by atoms with van der Waals surface area (Å²) in [5.74, 6) is 0.261. The number of para-hydroxylation sites is 1. The van der Waals surface area contributed by atoms with Gasteiger partial charge in [0.2, 0.25) is 0 Å². The average molecular weight is 246 g/mol. The molecule has 1 saturated heterocycles. The molecule has 5 heteroatoms. The first-order valence-corrected chi connectivity index (χ1v) is 7.05. The molecule has 88 valence electrons. The van der Waals surface area contributed by atoms with Gasteiger partial charge >= 0.3 is 15.9 Å². The van der Waals surface area contributed by atoms with Crippen LogP contribution in [0.2, 0.25) is 0 Å². The van der Waals surface area contributed by atoms with Gasteiger partial charge in [0.05, 0.1) is 11.6 Å². The molecule has 0 aliphatic carbocycles. The van der Waals surface area contributed by atoms with E-state index in [1.54, 1.807) is 0 Å². The number of anilines is 1. The molecule has 3 atom stereocenters. The summed E-state index contributed by atoms with van der Waals surface area (Å²) in [5.41, 5.74) is 2.18. The minimum Gasteiger partial charge on any atom is -0.478 e. The number of benzene rings is 1. The van der Waals surface area contributed by atoms with Gasteiger partial charge in [0.1, 0.15) is 6.23 Å². The maximum Gasteiger partial charge on any atom is 0.651 e. The highest BCUT2D eigenvalue weighted by atomic mass is 27.2. The van der Waals surface area contributed by atoms with Gasteiger partial charge in [0.15, 0.2) is 0 Å². The summed E-state index contributed by atoms with van der Waals surface area (Å²) in [4.78, 5) is 0. The van der Waals surface area contributed by atoms with E-state index in [9.17, 15) is 0 Å². The minimum atomic E-state index is -0.864. The smallest absolute Gasteiger partial charge is 0.478 e. The first-order chi connectivity index (χ1) is 8.27. The van der Waals surface area contributed by atoms with E-state index in [-0.39, 0.29) is 18.2 Å². The maximum atomic E-state index is 5.84. The molecule has 2 aliphatic rings. The Morgan fingerprint density at radius 1 is 1.24 bits per heavy atom. The summed E-state index contributed by atoms with van der Waals surface area (Å²) < 4.78 is 11.5. The van der Waals surface area contributed by atoms with Crippen LogP contribution in [0.1, 0.15) is 13.8 Å². The lowest BCUT2D eigenvalue weighted by Gasteiger charge is -2.36. The van der Waals surface area contributed by atoms with Gasteiger partial charge in [0, 0.05) is 11.8 Å². The van der Waals surface area contributed by atoms with Crippen LogP contribution in [-0.4, -0.2) is 33.9 Å². The van der Waals surface area contributed by atoms with Crippen LogP contribution in [0.25, 0.3) is 0 Å². The molecule has 4 nitrogen and oxygen atoms in total. The third-order valence-corrected chi connectivity index (χ3v) is 4.53. The first kappa shape index (κ1) is 11.2. The molecule has 2 heterocycles. The molecule has 0 N–H and O–H groups in total. The Labute approximate surface area is 108 Å². The largest absolute Gasteiger partial charge is 0.651 e. The normalized spacial score (nSPS) is 31.8. The number of fused-ring (bicyclic) bond motifs is 1. The van der Waals surface area contributed by atoms with E-state index in [2.05, 4.69) is 31.1 Å². The number of rotatable bonds is 1. The van der Waals surface area contributed by atoms with Crippen molar-refractivity contribution >= 4 is 27.3 Å². The predicted molar refractivity (Wildman–Crippen MR) is 68.1 cm³/mol. The predicted octanol–water partition coefficient (Wildman–Crippen LogP) is 1.53. The van der Waals surface area contributed by atoms with Crippen molar-refractivity contribution in [2.24, 2.45) is 11.0 Å². The third kappa shape index (κ3) is 1.90. The van der Waals surface area contributed by atoms with E-state index in [1.165, 1.54) is 0 Å². The van der Waals surface area contributed by atoms with Crippen LogP contribution in [-0.2, 0) is 7.58 Å². The second-order valence-electron chi connectivity index (χ2n) is 4.49. The molecular weight excluding hydrogens is 231 g/mol. The quantitative estimate of drug-likeness (QED) is 0.705. The van der Waals surface area contributed by atoms with Crippen molar-refractivity contribution < 1.29 is 7.58 Å². The monoisotopic (exact) mass is 246 g/mol. The average Bonchev–Trinajstić information content (AvgIpc) is 2.69. The zero-order valence-electron chi connectivity index (χ0n) is 10.0. The van der Waals surface area contributed by atoms with Crippen molar-refractivity contribution in [1.82, 2.24) is 0 Å². The second-order valence-corrected chi connectivity index (χ2v) is 5.40. The van der Waals surface area contributed by atoms with Gasteiger partial charge in [-0.3, -0.25) is 0 Å². The van der Waals surface area contributed by atoms with Crippen molar-refractivity contribution in [3.8, 4) is 0 Å². The third-order valence-electron chi connectivity index (χ3n) is 3.39. The summed E-state index contributed by atoms with van der Waals surface area (Å²) in [6, 6.07) is 10.2. The van der Waals surface area contributed by atoms with Crippen LogP contribution in [0.4, 0.5) is 5.69 Å². The van der Waals surface area contributed by atoms with Gasteiger partial charge in [-0.25, -0.2) is 5.01 Å². The SMILES string of the molecule is CC1=NN(c2ccccc2)C2[O][AlH][O]C(C)C12. The molecule has 1 fully saturated rings. The standard InChI is InChI=1S/C12H14N2O2.Al.H/c1-8-11(9(2)15)12(16)14(13-8)10-6-4-3-5-7-10;;/h3-7,9,11-12H,1-2H3;;/q-2;+2;. The van der Waals surface area contributed by atoms with Crippen molar-refractivity contribution in [3.05, 3.63) is 30.3 Å². The number of hydrogen-bond acceptors (Lipinski definition) is 4. The molecule has 3 rings (SSSR count). The summed E-state index contributed by atoms with van der Waals surface area (Å²) in [7, 11) is 0. The lowest BCUT2D eigenvalue weighted by Crippen LogP contribution is -2.47. The highest BCUT2D eigenvalue weighted by molar-refractivity contribution is 6.19. The summed E-state index contributed by atoms with van der Waals surface area (Å²) in [5, 5.41) is 6.61. The van der Waals surface area contributed by atoms with Crippen molar-refractivity contribution in [2.75, 3.05) is 5.01 Å². The molecular formula is C12H15AlN2O2. The molecule has 1 aromatic carbocycles. The van der Waals surface area contributed by atoms with E-state index in [0.717, 1.165) is 11.4 Å². The highest BCUT2D eigenvalue weighted by Crippen LogP contribution is 2.33. The topological polar surface area (TPSA) is 34.1 Å². The number of hydrazone groups is 1. The molecule has 17 heavy (non-hydrogen) atoms. The molecule has 0 amide bonds. The summed E-state index contributed by atoms with van der Waals surface area (Å²) in [6.45, 7) is 4.16. The fourth-order valence-corrected chi connectivity index (χ4v) is 3.49. The van der Waals surface area contributed by atoms with Crippen molar-refractivity contribution in [2.45, 2.75) is 26.2 Å². The zero-order chi connectivity index (χ0) is 11.8. The van der Waals surface area contributed by atoms with Crippen molar-refractivity contribution in [3.63, 3.8) is 0 Å². The Hall–Kier alpha value is -0.858.